The van der Waals surface area contributed by atoms with Crippen LogP contribution in [0.5, 0.6) is 0 Å². The van der Waals surface area contributed by atoms with Crippen LogP contribution < -0.4 is 10.2 Å². The number of hydrogen-bond donors (Lipinski definition) is 1. The third-order valence-electron chi connectivity index (χ3n) is 4.86. The van der Waals surface area contributed by atoms with Gasteiger partial charge in [-0.25, -0.2) is 4.79 Å². The molecule has 1 N–H and O–H groups in total. The zero-order valence-corrected chi connectivity index (χ0v) is 18.9. The van der Waals surface area contributed by atoms with Crippen LogP contribution in [-0.4, -0.2) is 24.4 Å². The molecular formula is C24H19ClN2O4S. The number of nitrogens with zero attached hydrogens (tertiary/aromatic N) is 1. The molecule has 0 saturated heterocycles. The van der Waals surface area contributed by atoms with Crippen molar-refractivity contribution in [1.29, 1.82) is 0 Å². The molecule has 32 heavy (non-hydrogen) atoms. The van der Waals surface area contributed by atoms with Gasteiger partial charge in [-0.3, -0.25) is 14.5 Å². The highest BCUT2D eigenvalue weighted by atomic mass is 35.5. The first kappa shape index (κ1) is 21.9. The van der Waals surface area contributed by atoms with Crippen LogP contribution in [0.15, 0.2) is 70.5 Å². The van der Waals surface area contributed by atoms with Crippen molar-refractivity contribution in [1.82, 2.24) is 0 Å². The number of hydrogen-bond acceptors (Lipinski definition) is 5. The van der Waals surface area contributed by atoms with Crippen molar-refractivity contribution in [2.45, 2.75) is 23.6 Å². The van der Waals surface area contributed by atoms with Crippen molar-refractivity contribution in [3.63, 3.8) is 0 Å². The van der Waals surface area contributed by atoms with Crippen LogP contribution in [-0.2, 0) is 14.3 Å². The minimum Gasteiger partial charge on any atom is -0.452 e. The summed E-state index contributed by atoms with van der Waals surface area (Å²) in [5, 5.41) is 3.15. The summed E-state index contributed by atoms with van der Waals surface area (Å²) in [6, 6.07) is 17.9. The van der Waals surface area contributed by atoms with Crippen molar-refractivity contribution in [3.8, 4) is 0 Å². The summed E-state index contributed by atoms with van der Waals surface area (Å²) in [4.78, 5) is 40.8. The van der Waals surface area contributed by atoms with E-state index in [9.17, 15) is 14.4 Å². The molecule has 0 aromatic heterocycles. The number of esters is 1. The topological polar surface area (TPSA) is 75.7 Å². The first-order valence-electron chi connectivity index (χ1n) is 9.79. The Morgan fingerprint density at radius 3 is 2.53 bits per heavy atom. The Morgan fingerprint density at radius 2 is 1.75 bits per heavy atom. The predicted molar refractivity (Wildman–Crippen MR) is 125 cm³/mol. The Kier molecular flexibility index (Phi) is 6.21. The van der Waals surface area contributed by atoms with E-state index in [1.807, 2.05) is 30.3 Å². The number of para-hydroxylation sites is 2. The van der Waals surface area contributed by atoms with Gasteiger partial charge in [0.15, 0.2) is 6.61 Å². The third kappa shape index (κ3) is 4.35. The quantitative estimate of drug-likeness (QED) is 0.507. The molecule has 1 heterocycles. The van der Waals surface area contributed by atoms with Gasteiger partial charge >= 0.3 is 5.97 Å². The number of amides is 2. The van der Waals surface area contributed by atoms with E-state index in [0.717, 1.165) is 9.79 Å². The van der Waals surface area contributed by atoms with Crippen LogP contribution in [0.25, 0.3) is 0 Å². The maximum atomic E-state index is 13.2. The Labute approximate surface area is 194 Å². The minimum atomic E-state index is -0.697. The summed E-state index contributed by atoms with van der Waals surface area (Å²) in [6.45, 7) is 2.66. The first-order chi connectivity index (χ1) is 15.3. The van der Waals surface area contributed by atoms with Crippen molar-refractivity contribution in [3.05, 3.63) is 76.8 Å². The van der Waals surface area contributed by atoms with Crippen molar-refractivity contribution in [2.24, 2.45) is 0 Å². The Morgan fingerprint density at radius 1 is 1.00 bits per heavy atom. The number of benzene rings is 3. The molecule has 0 bridgehead atoms. The molecule has 0 fully saturated rings. The molecule has 4 rings (SSSR count). The maximum absolute atomic E-state index is 13.2. The normalized spacial score (nSPS) is 11.9. The SMILES string of the molecule is CC(=O)Nc1c(C)cccc1C(=O)OCC(=O)N1c2ccccc2Sc2ccc(Cl)cc21. The fourth-order valence-corrected chi connectivity index (χ4v) is 4.65. The standard InChI is InChI=1S/C24H19ClN2O4S/c1-14-6-5-7-17(23(14)26-15(2)28)24(30)31-13-22(29)27-18-8-3-4-9-20(18)32-21-11-10-16(25)12-19(21)27/h3-12H,13H2,1-2H3,(H,26,28). The molecule has 6 nitrogen and oxygen atoms in total. The molecule has 162 valence electrons. The molecule has 8 heteroatoms. The fraction of sp³-hybridized carbons (Fsp3) is 0.125. The van der Waals surface area contributed by atoms with Crippen LogP contribution in [0.1, 0.15) is 22.8 Å². The van der Waals surface area contributed by atoms with E-state index < -0.39 is 18.5 Å². The van der Waals surface area contributed by atoms with Gasteiger partial charge in [0, 0.05) is 21.7 Å². The zero-order valence-electron chi connectivity index (χ0n) is 17.3. The smallest absolute Gasteiger partial charge is 0.340 e. The van der Waals surface area contributed by atoms with Crippen LogP contribution in [0.3, 0.4) is 0 Å². The third-order valence-corrected chi connectivity index (χ3v) is 6.22. The van der Waals surface area contributed by atoms with E-state index in [2.05, 4.69) is 5.32 Å². The number of nitrogens with one attached hydrogen (secondary N) is 1. The average Bonchev–Trinajstić information content (AvgIpc) is 2.76. The highest BCUT2D eigenvalue weighted by Crippen LogP contribution is 2.48. The second-order valence-electron chi connectivity index (χ2n) is 7.17. The molecule has 1 aliphatic rings. The molecule has 3 aromatic carbocycles. The molecule has 0 unspecified atom stereocenters. The van der Waals surface area contributed by atoms with Crippen LogP contribution in [0.4, 0.5) is 17.1 Å². The van der Waals surface area contributed by atoms with E-state index in [-0.39, 0.29) is 11.5 Å². The summed E-state index contributed by atoms with van der Waals surface area (Å²) in [5.74, 6) is -1.42. The number of carbonyl (C=O) groups is 3. The molecule has 0 spiro atoms. The van der Waals surface area contributed by atoms with E-state index in [1.165, 1.54) is 11.8 Å². The number of aryl methyl sites for hydroxylation is 1. The van der Waals surface area contributed by atoms with Gasteiger partial charge in [0.2, 0.25) is 5.91 Å². The fourth-order valence-electron chi connectivity index (χ4n) is 3.45. The highest BCUT2D eigenvalue weighted by Gasteiger charge is 2.29. The zero-order chi connectivity index (χ0) is 22.8. The summed E-state index contributed by atoms with van der Waals surface area (Å²) in [5.41, 5.74) is 2.60. The molecular weight excluding hydrogens is 448 g/mol. The Balaban J connectivity index is 1.60. The van der Waals surface area contributed by atoms with Gasteiger partial charge < -0.3 is 10.1 Å². The lowest BCUT2D eigenvalue weighted by molar-refractivity contribution is -0.121. The second-order valence-corrected chi connectivity index (χ2v) is 8.69. The number of ether oxygens (including phenoxy) is 1. The first-order valence-corrected chi connectivity index (χ1v) is 11.0. The van der Waals surface area contributed by atoms with Gasteiger partial charge in [0.05, 0.1) is 22.6 Å². The van der Waals surface area contributed by atoms with Gasteiger partial charge in [-0.15, -0.1) is 0 Å². The van der Waals surface area contributed by atoms with Crippen molar-refractivity contribution in [2.75, 3.05) is 16.8 Å². The van der Waals surface area contributed by atoms with Gasteiger partial charge in [-0.1, -0.05) is 47.6 Å². The number of carbonyl (C=O) groups excluding carboxylic acids is 3. The minimum absolute atomic E-state index is 0.186. The lowest BCUT2D eigenvalue weighted by atomic mass is 10.1. The monoisotopic (exact) mass is 466 g/mol. The van der Waals surface area contributed by atoms with Gasteiger partial charge in [0.25, 0.3) is 5.91 Å². The number of rotatable bonds is 4. The molecule has 0 saturated carbocycles. The van der Waals surface area contributed by atoms with Crippen LogP contribution in [0.2, 0.25) is 5.02 Å². The average molecular weight is 467 g/mol. The van der Waals surface area contributed by atoms with Gasteiger partial charge in [-0.2, -0.15) is 0 Å². The lowest BCUT2D eigenvalue weighted by Gasteiger charge is -2.31. The van der Waals surface area contributed by atoms with Crippen molar-refractivity contribution < 1.29 is 19.1 Å². The molecule has 0 atom stereocenters. The summed E-state index contributed by atoms with van der Waals surface area (Å²) >= 11 is 7.73. The molecule has 1 aliphatic heterocycles. The summed E-state index contributed by atoms with van der Waals surface area (Å²) in [7, 11) is 0. The molecule has 2 amide bonds. The van der Waals surface area contributed by atoms with Crippen LogP contribution >= 0.6 is 23.4 Å². The van der Waals surface area contributed by atoms with Crippen molar-refractivity contribution >= 4 is 58.2 Å². The summed E-state index contributed by atoms with van der Waals surface area (Å²) in [6.07, 6.45) is 0. The van der Waals surface area contributed by atoms with E-state index in [0.29, 0.717) is 27.6 Å². The van der Waals surface area contributed by atoms with E-state index in [1.54, 1.807) is 49.0 Å². The van der Waals surface area contributed by atoms with E-state index in [4.69, 9.17) is 16.3 Å². The van der Waals surface area contributed by atoms with E-state index >= 15 is 0 Å². The van der Waals surface area contributed by atoms with Gasteiger partial charge in [0.1, 0.15) is 0 Å². The van der Waals surface area contributed by atoms with Gasteiger partial charge in [-0.05, 0) is 48.9 Å². The molecule has 0 radical (unpaired) electrons. The number of halogens is 1. The Hall–Kier alpha value is -3.29. The molecule has 3 aromatic rings. The number of anilines is 3. The maximum Gasteiger partial charge on any atom is 0.340 e. The number of fused-ring (bicyclic) bond motifs is 2. The predicted octanol–water partition coefficient (Wildman–Crippen LogP) is 5.59. The lowest BCUT2D eigenvalue weighted by Crippen LogP contribution is -2.32. The Bertz CT molecular complexity index is 1240. The largest absolute Gasteiger partial charge is 0.452 e. The summed E-state index contributed by atoms with van der Waals surface area (Å²) < 4.78 is 5.36. The highest BCUT2D eigenvalue weighted by molar-refractivity contribution is 7.99. The van der Waals surface area contributed by atoms with Crippen LogP contribution in [0, 0.1) is 6.92 Å². The second kappa shape index (κ2) is 9.06. The molecule has 0 aliphatic carbocycles.